The van der Waals surface area contributed by atoms with Crippen molar-refractivity contribution in [2.24, 2.45) is 0 Å². The van der Waals surface area contributed by atoms with Gasteiger partial charge in [-0.1, -0.05) is 12.1 Å². The first-order chi connectivity index (χ1) is 6.68. The minimum atomic E-state index is 0.656. The zero-order chi connectivity index (χ0) is 10.1. The molecule has 2 rings (SSSR count). The second kappa shape index (κ2) is 3.14. The zero-order valence-corrected chi connectivity index (χ0v) is 8.20. The minimum absolute atomic E-state index is 0.656. The van der Waals surface area contributed by atoms with Crippen molar-refractivity contribution < 1.29 is 0 Å². The van der Waals surface area contributed by atoms with Crippen LogP contribution < -0.4 is 5.73 Å². The van der Waals surface area contributed by atoms with E-state index in [1.807, 2.05) is 32.0 Å². The van der Waals surface area contributed by atoms with Crippen LogP contribution in [0.1, 0.15) is 11.4 Å². The van der Waals surface area contributed by atoms with Gasteiger partial charge in [0.2, 0.25) is 0 Å². The summed E-state index contributed by atoms with van der Waals surface area (Å²) in [7, 11) is 0. The van der Waals surface area contributed by atoms with Crippen LogP contribution in [0, 0.1) is 13.8 Å². The summed E-state index contributed by atoms with van der Waals surface area (Å²) in [5.41, 5.74) is 8.60. The molecule has 0 fully saturated rings. The number of hydrogen-bond acceptors (Lipinski definition) is 3. The van der Waals surface area contributed by atoms with Gasteiger partial charge in [0, 0.05) is 11.3 Å². The highest BCUT2D eigenvalue weighted by Crippen LogP contribution is 2.24. The van der Waals surface area contributed by atoms with Crippen molar-refractivity contribution in [2.75, 3.05) is 5.73 Å². The molecule has 0 aliphatic rings. The van der Waals surface area contributed by atoms with E-state index in [2.05, 4.69) is 15.2 Å². The Balaban J connectivity index is 2.57. The van der Waals surface area contributed by atoms with Gasteiger partial charge in [0.1, 0.15) is 5.82 Å². The smallest absolute Gasteiger partial charge is 0.183 e. The number of nitrogens with one attached hydrogen (secondary N) is 1. The molecule has 1 aromatic heterocycles. The average molecular weight is 188 g/mol. The van der Waals surface area contributed by atoms with Gasteiger partial charge in [0.25, 0.3) is 0 Å². The summed E-state index contributed by atoms with van der Waals surface area (Å²) < 4.78 is 0. The van der Waals surface area contributed by atoms with Crippen LogP contribution in [0.2, 0.25) is 0 Å². The molecule has 0 saturated heterocycles. The molecule has 0 amide bonds. The predicted octanol–water partition coefficient (Wildman–Crippen LogP) is 1.67. The third kappa shape index (κ3) is 1.35. The molecule has 1 aromatic carbocycles. The molecule has 2 aromatic rings. The lowest BCUT2D eigenvalue weighted by molar-refractivity contribution is 1.04. The number of para-hydroxylation sites is 1. The number of aryl methyl sites for hydroxylation is 2. The van der Waals surface area contributed by atoms with E-state index in [9.17, 15) is 0 Å². The van der Waals surface area contributed by atoms with Gasteiger partial charge in [-0.15, -0.1) is 0 Å². The summed E-state index contributed by atoms with van der Waals surface area (Å²) in [5.74, 6) is 1.45. The van der Waals surface area contributed by atoms with E-state index in [0.29, 0.717) is 5.82 Å². The van der Waals surface area contributed by atoms with Gasteiger partial charge < -0.3 is 5.73 Å². The number of anilines is 1. The molecule has 0 atom stereocenters. The van der Waals surface area contributed by atoms with Gasteiger partial charge in [-0.05, 0) is 25.5 Å². The number of aromatic amines is 1. The van der Waals surface area contributed by atoms with Gasteiger partial charge in [0.15, 0.2) is 5.82 Å². The summed E-state index contributed by atoms with van der Waals surface area (Å²) in [5, 5.41) is 6.87. The van der Waals surface area contributed by atoms with E-state index in [0.717, 1.165) is 22.6 Å². The van der Waals surface area contributed by atoms with Gasteiger partial charge >= 0.3 is 0 Å². The van der Waals surface area contributed by atoms with Gasteiger partial charge in [0.05, 0.1) is 0 Å². The topological polar surface area (TPSA) is 67.6 Å². The van der Waals surface area contributed by atoms with Gasteiger partial charge in [-0.25, -0.2) is 4.98 Å². The number of H-pyrrole nitrogens is 1. The normalized spacial score (nSPS) is 10.4. The van der Waals surface area contributed by atoms with E-state index in [1.165, 1.54) is 0 Å². The number of rotatable bonds is 1. The van der Waals surface area contributed by atoms with E-state index >= 15 is 0 Å². The van der Waals surface area contributed by atoms with Gasteiger partial charge in [-0.2, -0.15) is 5.10 Å². The maximum absolute atomic E-state index is 5.93. The Bertz CT molecular complexity index is 459. The summed E-state index contributed by atoms with van der Waals surface area (Å²) in [4.78, 5) is 4.24. The minimum Gasteiger partial charge on any atom is -0.398 e. The van der Waals surface area contributed by atoms with Crippen LogP contribution in [-0.2, 0) is 0 Å². The third-order valence-electron chi connectivity index (χ3n) is 2.16. The Kier molecular flexibility index (Phi) is 1.96. The van der Waals surface area contributed by atoms with E-state index in [4.69, 9.17) is 5.73 Å². The Morgan fingerprint density at radius 1 is 1.29 bits per heavy atom. The van der Waals surface area contributed by atoms with Crippen LogP contribution in [0.15, 0.2) is 18.2 Å². The van der Waals surface area contributed by atoms with Crippen molar-refractivity contribution in [1.29, 1.82) is 0 Å². The molecule has 4 nitrogen and oxygen atoms in total. The summed E-state index contributed by atoms with van der Waals surface area (Å²) in [6, 6.07) is 5.84. The molecular weight excluding hydrogens is 176 g/mol. The van der Waals surface area contributed by atoms with Crippen LogP contribution in [0.5, 0.6) is 0 Å². The number of nitrogens with two attached hydrogens (primary N) is 1. The van der Waals surface area contributed by atoms with Crippen molar-refractivity contribution in [1.82, 2.24) is 15.2 Å². The molecule has 0 saturated carbocycles. The SMILES string of the molecule is Cc1nc(-c2cccc(C)c2N)n[nH]1. The molecule has 4 heteroatoms. The molecule has 1 heterocycles. The van der Waals surface area contributed by atoms with Crippen LogP contribution in [0.4, 0.5) is 5.69 Å². The maximum atomic E-state index is 5.93. The quantitative estimate of drug-likeness (QED) is 0.669. The first-order valence-electron chi connectivity index (χ1n) is 4.43. The van der Waals surface area contributed by atoms with Crippen molar-refractivity contribution in [3.05, 3.63) is 29.6 Å². The molecule has 0 bridgehead atoms. The maximum Gasteiger partial charge on any atom is 0.183 e. The van der Waals surface area contributed by atoms with E-state index in [1.54, 1.807) is 0 Å². The molecular formula is C10H12N4. The standard InChI is InChI=1S/C10H12N4/c1-6-4-3-5-8(9(6)11)10-12-7(2)13-14-10/h3-5H,11H2,1-2H3,(H,12,13,14). The second-order valence-electron chi connectivity index (χ2n) is 3.28. The first-order valence-corrected chi connectivity index (χ1v) is 4.43. The third-order valence-corrected chi connectivity index (χ3v) is 2.16. The fourth-order valence-electron chi connectivity index (χ4n) is 1.34. The molecule has 0 spiro atoms. The Labute approximate surface area is 82.2 Å². The number of aromatic nitrogens is 3. The van der Waals surface area contributed by atoms with Crippen LogP contribution >= 0.6 is 0 Å². The molecule has 3 N–H and O–H groups in total. The summed E-state index contributed by atoms with van der Waals surface area (Å²) >= 11 is 0. The van der Waals surface area contributed by atoms with Gasteiger partial charge in [-0.3, -0.25) is 5.10 Å². The van der Waals surface area contributed by atoms with Crippen molar-refractivity contribution in [2.45, 2.75) is 13.8 Å². The largest absolute Gasteiger partial charge is 0.398 e. The Morgan fingerprint density at radius 3 is 2.71 bits per heavy atom. The monoisotopic (exact) mass is 188 g/mol. The number of hydrogen-bond donors (Lipinski definition) is 2. The molecule has 72 valence electrons. The van der Waals surface area contributed by atoms with Crippen LogP contribution in [0.3, 0.4) is 0 Å². The van der Waals surface area contributed by atoms with E-state index < -0.39 is 0 Å². The van der Waals surface area contributed by atoms with Crippen LogP contribution in [-0.4, -0.2) is 15.2 Å². The fourth-order valence-corrected chi connectivity index (χ4v) is 1.34. The summed E-state index contributed by atoms with van der Waals surface area (Å²) in [6.07, 6.45) is 0. The number of nitrogens with zero attached hydrogens (tertiary/aromatic N) is 2. The lowest BCUT2D eigenvalue weighted by atomic mass is 10.1. The fraction of sp³-hybridized carbons (Fsp3) is 0.200. The highest BCUT2D eigenvalue weighted by Gasteiger charge is 2.08. The number of benzene rings is 1. The molecule has 0 aliphatic carbocycles. The lowest BCUT2D eigenvalue weighted by Crippen LogP contribution is -1.94. The first kappa shape index (κ1) is 8.74. The van der Waals surface area contributed by atoms with Crippen molar-refractivity contribution >= 4 is 5.69 Å². The Morgan fingerprint density at radius 2 is 2.07 bits per heavy atom. The highest BCUT2D eigenvalue weighted by molar-refractivity contribution is 5.73. The van der Waals surface area contributed by atoms with Crippen molar-refractivity contribution in [3.63, 3.8) is 0 Å². The number of nitrogen functional groups attached to an aromatic ring is 1. The van der Waals surface area contributed by atoms with Crippen molar-refractivity contribution in [3.8, 4) is 11.4 Å². The molecule has 0 radical (unpaired) electrons. The molecule has 0 aliphatic heterocycles. The predicted molar refractivity (Wildman–Crippen MR) is 55.7 cm³/mol. The Hall–Kier alpha value is -1.84. The molecule has 14 heavy (non-hydrogen) atoms. The van der Waals surface area contributed by atoms with Crippen LogP contribution in [0.25, 0.3) is 11.4 Å². The second-order valence-corrected chi connectivity index (χ2v) is 3.28. The lowest BCUT2D eigenvalue weighted by Gasteiger charge is -2.03. The highest BCUT2D eigenvalue weighted by atomic mass is 15.2. The average Bonchev–Trinajstić information content (AvgIpc) is 2.57. The zero-order valence-electron chi connectivity index (χ0n) is 8.20. The molecule has 0 unspecified atom stereocenters. The summed E-state index contributed by atoms with van der Waals surface area (Å²) in [6.45, 7) is 3.83. The van der Waals surface area contributed by atoms with E-state index in [-0.39, 0.29) is 0 Å².